The molecule has 0 radical (unpaired) electrons. The topological polar surface area (TPSA) is 94.0 Å². The lowest BCUT2D eigenvalue weighted by molar-refractivity contribution is 0.0954. The van der Waals surface area contributed by atoms with Gasteiger partial charge in [0.25, 0.3) is 5.91 Å². The molecule has 6 nitrogen and oxygen atoms in total. The van der Waals surface area contributed by atoms with Crippen molar-refractivity contribution in [1.29, 1.82) is 0 Å². The van der Waals surface area contributed by atoms with E-state index in [-0.39, 0.29) is 5.91 Å². The predicted molar refractivity (Wildman–Crippen MR) is 70.7 cm³/mol. The fraction of sp³-hybridized carbons (Fsp3) is 0.308. The molecule has 0 unspecified atom stereocenters. The fourth-order valence-corrected chi connectivity index (χ4v) is 1.70. The Labute approximate surface area is 111 Å². The van der Waals surface area contributed by atoms with E-state index < -0.39 is 0 Å². The second-order valence-electron chi connectivity index (χ2n) is 4.28. The third-order valence-electron chi connectivity index (χ3n) is 2.76. The van der Waals surface area contributed by atoms with Crippen molar-refractivity contribution in [2.75, 3.05) is 12.3 Å². The summed E-state index contributed by atoms with van der Waals surface area (Å²) in [6, 6.07) is 5.38. The highest BCUT2D eigenvalue weighted by Gasteiger charge is 2.11. The maximum Gasteiger partial charge on any atom is 0.253 e. The first-order valence-electron chi connectivity index (χ1n) is 6.00. The Morgan fingerprint density at radius 1 is 1.42 bits per heavy atom. The van der Waals surface area contributed by atoms with Crippen LogP contribution in [0, 0.1) is 13.8 Å². The van der Waals surface area contributed by atoms with Crippen LogP contribution in [0.15, 0.2) is 22.7 Å². The van der Waals surface area contributed by atoms with Gasteiger partial charge in [0.1, 0.15) is 0 Å². The summed E-state index contributed by atoms with van der Waals surface area (Å²) >= 11 is 0. The Morgan fingerprint density at radius 2 is 2.21 bits per heavy atom. The molecule has 0 aliphatic rings. The lowest BCUT2D eigenvalue weighted by Gasteiger charge is -2.08. The molecule has 0 aliphatic carbocycles. The number of anilines is 1. The van der Waals surface area contributed by atoms with Gasteiger partial charge in [-0.15, -0.1) is 0 Å². The molecule has 3 N–H and O–H groups in total. The molecule has 0 aliphatic heterocycles. The number of nitrogens with one attached hydrogen (secondary N) is 1. The van der Waals surface area contributed by atoms with Crippen LogP contribution in [-0.2, 0) is 6.42 Å². The summed E-state index contributed by atoms with van der Waals surface area (Å²) < 4.78 is 4.96. The molecule has 19 heavy (non-hydrogen) atoms. The summed E-state index contributed by atoms with van der Waals surface area (Å²) in [7, 11) is 0. The van der Waals surface area contributed by atoms with Crippen molar-refractivity contribution < 1.29 is 9.32 Å². The highest BCUT2D eigenvalue weighted by molar-refractivity contribution is 5.99. The molecule has 100 valence electrons. The quantitative estimate of drug-likeness (QED) is 0.807. The number of amides is 1. The molecule has 1 amide bonds. The van der Waals surface area contributed by atoms with Crippen molar-refractivity contribution in [3.63, 3.8) is 0 Å². The molecule has 6 heteroatoms. The molecule has 2 rings (SSSR count). The minimum Gasteiger partial charge on any atom is -0.398 e. The zero-order valence-corrected chi connectivity index (χ0v) is 10.9. The zero-order valence-electron chi connectivity index (χ0n) is 10.9. The molecule has 0 saturated heterocycles. The van der Waals surface area contributed by atoms with Gasteiger partial charge in [0.05, 0.1) is 5.56 Å². The summed E-state index contributed by atoms with van der Waals surface area (Å²) in [5.41, 5.74) is 7.75. The maximum absolute atomic E-state index is 12.0. The van der Waals surface area contributed by atoms with Crippen LogP contribution in [0.25, 0.3) is 0 Å². The monoisotopic (exact) mass is 260 g/mol. The van der Waals surface area contributed by atoms with Gasteiger partial charge >= 0.3 is 0 Å². The lowest BCUT2D eigenvalue weighted by atomic mass is 10.1. The first kappa shape index (κ1) is 13.1. The average molecular weight is 260 g/mol. The number of nitrogens with zero attached hydrogens (tertiary/aromatic N) is 2. The highest BCUT2D eigenvalue weighted by Crippen LogP contribution is 2.15. The molecule has 2 aromatic rings. The molecular weight excluding hydrogens is 244 g/mol. The van der Waals surface area contributed by atoms with Crippen LogP contribution in [0.3, 0.4) is 0 Å². The number of nitrogen functional groups attached to an aromatic ring is 1. The van der Waals surface area contributed by atoms with Crippen LogP contribution in [0.2, 0.25) is 0 Å². The van der Waals surface area contributed by atoms with Crippen molar-refractivity contribution in [2.45, 2.75) is 20.3 Å². The number of aromatic nitrogens is 2. The summed E-state index contributed by atoms with van der Waals surface area (Å²) in [5.74, 6) is 0.900. The molecule has 0 bridgehead atoms. The van der Waals surface area contributed by atoms with Gasteiger partial charge in [-0.05, 0) is 25.5 Å². The molecule has 1 heterocycles. The second-order valence-corrected chi connectivity index (χ2v) is 4.28. The van der Waals surface area contributed by atoms with Crippen molar-refractivity contribution in [3.8, 4) is 0 Å². The number of benzene rings is 1. The van der Waals surface area contributed by atoms with Crippen molar-refractivity contribution in [2.24, 2.45) is 0 Å². The third kappa shape index (κ3) is 3.09. The first-order valence-corrected chi connectivity index (χ1v) is 6.00. The van der Waals surface area contributed by atoms with Gasteiger partial charge in [-0.2, -0.15) is 4.98 Å². The molecule has 0 saturated carbocycles. The van der Waals surface area contributed by atoms with E-state index in [0.29, 0.717) is 35.9 Å². The number of rotatable bonds is 4. The van der Waals surface area contributed by atoms with Crippen LogP contribution in [0.4, 0.5) is 5.69 Å². The van der Waals surface area contributed by atoms with Gasteiger partial charge in [0.15, 0.2) is 5.82 Å². The maximum atomic E-state index is 12.0. The van der Waals surface area contributed by atoms with Crippen LogP contribution in [-0.4, -0.2) is 22.6 Å². The Bertz CT molecular complexity index is 592. The molecule has 0 spiro atoms. The van der Waals surface area contributed by atoms with Crippen molar-refractivity contribution >= 4 is 11.6 Å². The minimum atomic E-state index is -0.197. The second kappa shape index (κ2) is 5.51. The van der Waals surface area contributed by atoms with Gasteiger partial charge in [-0.3, -0.25) is 4.79 Å². The number of carbonyl (C=O) groups is 1. The van der Waals surface area contributed by atoms with E-state index in [1.54, 1.807) is 13.0 Å². The lowest BCUT2D eigenvalue weighted by Crippen LogP contribution is -2.26. The SMILES string of the molecule is Cc1noc(CCNC(=O)c2cccc(C)c2N)n1. The number of aryl methyl sites for hydroxylation is 2. The van der Waals surface area contributed by atoms with E-state index in [1.807, 2.05) is 19.1 Å². The fourth-order valence-electron chi connectivity index (χ4n) is 1.70. The number of hydrogen-bond acceptors (Lipinski definition) is 5. The number of hydrogen-bond donors (Lipinski definition) is 2. The Hall–Kier alpha value is -2.37. The third-order valence-corrected chi connectivity index (χ3v) is 2.76. The van der Waals surface area contributed by atoms with Gasteiger partial charge < -0.3 is 15.6 Å². The van der Waals surface area contributed by atoms with Crippen LogP contribution in [0.1, 0.15) is 27.6 Å². The van der Waals surface area contributed by atoms with E-state index in [1.165, 1.54) is 0 Å². The minimum absolute atomic E-state index is 0.197. The van der Waals surface area contributed by atoms with Crippen LogP contribution in [0.5, 0.6) is 0 Å². The molecule has 0 fully saturated rings. The Kier molecular flexibility index (Phi) is 3.79. The number of carbonyl (C=O) groups excluding carboxylic acids is 1. The van der Waals surface area contributed by atoms with Gasteiger partial charge in [-0.1, -0.05) is 17.3 Å². The van der Waals surface area contributed by atoms with E-state index in [0.717, 1.165) is 5.56 Å². The van der Waals surface area contributed by atoms with E-state index in [2.05, 4.69) is 15.5 Å². The normalized spacial score (nSPS) is 10.4. The number of para-hydroxylation sites is 1. The summed E-state index contributed by atoms with van der Waals surface area (Å²) in [6.45, 7) is 4.04. The van der Waals surface area contributed by atoms with E-state index in [9.17, 15) is 4.79 Å². The summed E-state index contributed by atoms with van der Waals surface area (Å²) in [5, 5.41) is 6.46. The first-order chi connectivity index (χ1) is 9.08. The largest absolute Gasteiger partial charge is 0.398 e. The van der Waals surface area contributed by atoms with E-state index >= 15 is 0 Å². The Balaban J connectivity index is 1.93. The molecular formula is C13H16N4O2. The number of nitrogens with two attached hydrogens (primary N) is 1. The standard InChI is InChI=1S/C13H16N4O2/c1-8-4-3-5-10(12(8)14)13(18)15-7-6-11-16-9(2)17-19-11/h3-5H,6-7,14H2,1-2H3,(H,15,18). The van der Waals surface area contributed by atoms with Gasteiger partial charge in [0.2, 0.25) is 5.89 Å². The zero-order chi connectivity index (χ0) is 13.8. The molecule has 1 aromatic carbocycles. The van der Waals surface area contributed by atoms with Gasteiger partial charge in [0, 0.05) is 18.7 Å². The van der Waals surface area contributed by atoms with Crippen LogP contribution >= 0.6 is 0 Å². The predicted octanol–water partition coefficient (Wildman–Crippen LogP) is 1.24. The van der Waals surface area contributed by atoms with Crippen molar-refractivity contribution in [3.05, 3.63) is 41.0 Å². The molecule has 0 atom stereocenters. The summed E-state index contributed by atoms with van der Waals surface area (Å²) in [4.78, 5) is 16.0. The van der Waals surface area contributed by atoms with Gasteiger partial charge in [-0.25, -0.2) is 0 Å². The summed E-state index contributed by atoms with van der Waals surface area (Å²) in [6.07, 6.45) is 0.498. The molecule has 1 aromatic heterocycles. The van der Waals surface area contributed by atoms with Crippen LogP contribution < -0.4 is 11.1 Å². The highest BCUT2D eigenvalue weighted by atomic mass is 16.5. The van der Waals surface area contributed by atoms with E-state index in [4.69, 9.17) is 10.3 Å². The average Bonchev–Trinajstić information content (AvgIpc) is 2.78. The smallest absolute Gasteiger partial charge is 0.253 e. The Morgan fingerprint density at radius 3 is 2.89 bits per heavy atom. The van der Waals surface area contributed by atoms with Crippen molar-refractivity contribution in [1.82, 2.24) is 15.5 Å².